The first-order valence-corrected chi connectivity index (χ1v) is 7.57. The maximum Gasteiger partial charge on any atom is 0.326 e. The molecule has 1 aliphatic heterocycles. The van der Waals surface area contributed by atoms with Gasteiger partial charge in [-0.1, -0.05) is 13.8 Å². The minimum atomic E-state index is -0.956. The van der Waals surface area contributed by atoms with Crippen molar-refractivity contribution in [3.05, 3.63) is 28.6 Å². The molecule has 0 saturated carbocycles. The van der Waals surface area contributed by atoms with Gasteiger partial charge in [0.15, 0.2) is 4.67 Å². The number of carboxylic acid groups (broad SMARTS) is 1. The number of likely N-dealkylation sites (tertiary alicyclic amines) is 1. The van der Waals surface area contributed by atoms with Crippen LogP contribution in [0.5, 0.6) is 0 Å². The average molecular weight is 356 g/mol. The summed E-state index contributed by atoms with van der Waals surface area (Å²) < 4.78 is 5.86. The van der Waals surface area contributed by atoms with Crippen molar-refractivity contribution >= 4 is 33.9 Å². The zero-order chi connectivity index (χ0) is 15.6. The van der Waals surface area contributed by atoms with E-state index in [0.29, 0.717) is 17.0 Å². The van der Waals surface area contributed by atoms with E-state index in [-0.39, 0.29) is 5.91 Å². The van der Waals surface area contributed by atoms with Gasteiger partial charge in [0, 0.05) is 12.6 Å². The van der Waals surface area contributed by atoms with Crippen LogP contribution < -0.4 is 0 Å². The van der Waals surface area contributed by atoms with Crippen molar-refractivity contribution in [2.75, 3.05) is 6.54 Å². The lowest BCUT2D eigenvalue weighted by Gasteiger charge is -2.43. The zero-order valence-corrected chi connectivity index (χ0v) is 13.6. The number of nitrogens with zero attached hydrogens (tertiary/aromatic N) is 1. The Morgan fingerprint density at radius 2 is 2.19 bits per heavy atom. The Balaban J connectivity index is 2.16. The summed E-state index contributed by atoms with van der Waals surface area (Å²) in [6.45, 7) is 4.24. The van der Waals surface area contributed by atoms with Crippen molar-refractivity contribution in [1.82, 2.24) is 4.90 Å². The lowest BCUT2D eigenvalue weighted by Crippen LogP contribution is -2.55. The van der Waals surface area contributed by atoms with Crippen molar-refractivity contribution in [1.29, 1.82) is 0 Å². The van der Waals surface area contributed by atoms with E-state index in [1.54, 1.807) is 18.2 Å². The molecular weight excluding hydrogens is 338 g/mol. The summed E-state index contributed by atoms with van der Waals surface area (Å²) in [5, 5.41) is 9.44. The molecule has 5 nitrogen and oxygen atoms in total. The number of rotatable bonds is 3. The number of furan rings is 1. The molecule has 1 aromatic rings. The zero-order valence-electron chi connectivity index (χ0n) is 12.0. The number of halogens is 1. The normalized spacial score (nSPS) is 21.7. The molecule has 1 fully saturated rings. The van der Waals surface area contributed by atoms with E-state index in [1.165, 1.54) is 11.0 Å². The topological polar surface area (TPSA) is 70.8 Å². The van der Waals surface area contributed by atoms with Crippen molar-refractivity contribution < 1.29 is 19.1 Å². The Morgan fingerprint density at radius 3 is 2.76 bits per heavy atom. The standard InChI is InChI=1S/C15H18BrNO4/c1-15(2)8-3-9-17(13(15)14(19)20)12(18)7-5-10-4-6-11(16)21-10/h4-7,13H,3,8-9H2,1-2H3,(H,19,20)/b7-5+. The highest BCUT2D eigenvalue weighted by Crippen LogP contribution is 2.35. The van der Waals surface area contributed by atoms with Gasteiger partial charge >= 0.3 is 5.97 Å². The van der Waals surface area contributed by atoms with Gasteiger partial charge in [-0.05, 0) is 52.4 Å². The number of amides is 1. The Kier molecular flexibility index (Phi) is 4.56. The van der Waals surface area contributed by atoms with Crippen LogP contribution in [0.25, 0.3) is 6.08 Å². The van der Waals surface area contributed by atoms with E-state index in [9.17, 15) is 14.7 Å². The molecule has 21 heavy (non-hydrogen) atoms. The second kappa shape index (κ2) is 6.05. The van der Waals surface area contributed by atoms with Crippen molar-refractivity contribution in [2.24, 2.45) is 5.41 Å². The Morgan fingerprint density at radius 1 is 1.48 bits per heavy atom. The summed E-state index contributed by atoms with van der Waals surface area (Å²) in [4.78, 5) is 25.3. The summed E-state index contributed by atoms with van der Waals surface area (Å²) in [6, 6.07) is 2.66. The third kappa shape index (κ3) is 3.56. The van der Waals surface area contributed by atoms with Gasteiger partial charge in [-0.25, -0.2) is 4.79 Å². The molecule has 1 aromatic heterocycles. The monoisotopic (exact) mass is 355 g/mol. The first kappa shape index (κ1) is 15.8. The first-order chi connectivity index (χ1) is 9.81. The van der Waals surface area contributed by atoms with Crippen LogP contribution in [0.15, 0.2) is 27.3 Å². The largest absolute Gasteiger partial charge is 0.480 e. The lowest BCUT2D eigenvalue weighted by atomic mass is 9.76. The molecule has 0 aliphatic carbocycles. The smallest absolute Gasteiger partial charge is 0.326 e. The fourth-order valence-corrected chi connectivity index (χ4v) is 3.08. The molecule has 0 spiro atoms. The van der Waals surface area contributed by atoms with Gasteiger partial charge in [0.2, 0.25) is 5.91 Å². The predicted octanol–water partition coefficient (Wildman–Crippen LogP) is 3.16. The molecular formula is C15H18BrNO4. The molecule has 6 heteroatoms. The van der Waals surface area contributed by atoms with E-state index >= 15 is 0 Å². The van der Waals surface area contributed by atoms with Crippen LogP contribution in [0.2, 0.25) is 0 Å². The fourth-order valence-electron chi connectivity index (χ4n) is 2.76. The van der Waals surface area contributed by atoms with E-state index in [4.69, 9.17) is 4.42 Å². The summed E-state index contributed by atoms with van der Waals surface area (Å²) in [5.41, 5.74) is -0.429. The minimum absolute atomic E-state index is 0.303. The molecule has 1 atom stereocenters. The molecule has 0 radical (unpaired) electrons. The molecule has 1 N–H and O–H groups in total. The number of carbonyl (C=O) groups excluding carboxylic acids is 1. The van der Waals surface area contributed by atoms with E-state index in [0.717, 1.165) is 12.8 Å². The van der Waals surface area contributed by atoms with Crippen molar-refractivity contribution in [2.45, 2.75) is 32.7 Å². The molecule has 1 aliphatic rings. The van der Waals surface area contributed by atoms with Crippen molar-refractivity contribution in [3.63, 3.8) is 0 Å². The molecule has 114 valence electrons. The van der Waals surface area contributed by atoms with E-state index in [1.807, 2.05) is 13.8 Å². The molecule has 1 saturated heterocycles. The maximum absolute atomic E-state index is 12.3. The van der Waals surface area contributed by atoms with Gasteiger partial charge in [-0.2, -0.15) is 0 Å². The van der Waals surface area contributed by atoms with Crippen LogP contribution in [0, 0.1) is 5.41 Å². The highest BCUT2D eigenvalue weighted by Gasteiger charge is 2.43. The van der Waals surface area contributed by atoms with Crippen LogP contribution in [0.3, 0.4) is 0 Å². The second-order valence-electron chi connectivity index (χ2n) is 5.84. The Bertz CT molecular complexity index is 576. The quantitative estimate of drug-likeness (QED) is 0.845. The third-order valence-electron chi connectivity index (χ3n) is 3.77. The van der Waals surface area contributed by atoms with E-state index < -0.39 is 17.4 Å². The predicted molar refractivity (Wildman–Crippen MR) is 81.6 cm³/mol. The van der Waals surface area contributed by atoms with Crippen LogP contribution >= 0.6 is 15.9 Å². The summed E-state index contributed by atoms with van der Waals surface area (Å²) in [7, 11) is 0. The fraction of sp³-hybridized carbons (Fsp3) is 0.467. The number of hydrogen-bond acceptors (Lipinski definition) is 3. The summed E-state index contributed by atoms with van der Waals surface area (Å²) in [5.74, 6) is -0.719. The number of hydrogen-bond donors (Lipinski definition) is 1. The minimum Gasteiger partial charge on any atom is -0.480 e. The molecule has 2 rings (SSSR count). The maximum atomic E-state index is 12.3. The molecule has 0 bridgehead atoms. The first-order valence-electron chi connectivity index (χ1n) is 6.78. The number of carbonyl (C=O) groups is 2. The lowest BCUT2D eigenvalue weighted by molar-refractivity contribution is -0.156. The van der Waals surface area contributed by atoms with Crippen LogP contribution in [0.4, 0.5) is 0 Å². The van der Waals surface area contributed by atoms with Gasteiger partial charge in [-0.15, -0.1) is 0 Å². The Labute approximate surface area is 131 Å². The van der Waals surface area contributed by atoms with Gasteiger partial charge in [0.25, 0.3) is 0 Å². The average Bonchev–Trinajstić information content (AvgIpc) is 2.79. The van der Waals surface area contributed by atoms with Crippen LogP contribution in [0.1, 0.15) is 32.4 Å². The second-order valence-corrected chi connectivity index (χ2v) is 6.62. The van der Waals surface area contributed by atoms with Crippen LogP contribution in [-0.2, 0) is 9.59 Å². The number of aliphatic carboxylic acids is 1. The highest BCUT2D eigenvalue weighted by atomic mass is 79.9. The third-order valence-corrected chi connectivity index (χ3v) is 4.20. The van der Waals surface area contributed by atoms with Gasteiger partial charge in [0.1, 0.15) is 11.8 Å². The molecule has 2 heterocycles. The van der Waals surface area contributed by atoms with Crippen molar-refractivity contribution in [3.8, 4) is 0 Å². The molecule has 1 unspecified atom stereocenters. The van der Waals surface area contributed by atoms with Gasteiger partial charge < -0.3 is 14.4 Å². The SMILES string of the molecule is CC1(C)CCCN(C(=O)/C=C/c2ccc(Br)o2)C1C(=O)O. The number of carboxylic acids is 1. The molecule has 1 amide bonds. The van der Waals surface area contributed by atoms with Gasteiger partial charge in [0.05, 0.1) is 0 Å². The highest BCUT2D eigenvalue weighted by molar-refractivity contribution is 9.10. The van der Waals surface area contributed by atoms with Gasteiger partial charge in [-0.3, -0.25) is 4.79 Å². The summed E-state index contributed by atoms with van der Waals surface area (Å²) in [6.07, 6.45) is 4.52. The number of piperidine rings is 1. The van der Waals surface area contributed by atoms with Crippen LogP contribution in [-0.4, -0.2) is 34.5 Å². The Hall–Kier alpha value is -1.56. The summed E-state index contributed by atoms with van der Waals surface area (Å²) >= 11 is 3.19. The molecule has 0 aromatic carbocycles. The van der Waals surface area contributed by atoms with E-state index in [2.05, 4.69) is 15.9 Å².